The molecule has 0 spiro atoms. The topological polar surface area (TPSA) is 137 Å². The first-order valence-electron chi connectivity index (χ1n) is 12.5. The van der Waals surface area contributed by atoms with Crippen LogP contribution in [0.25, 0.3) is 0 Å². The Hall–Kier alpha value is -1.03. The third-order valence-electron chi connectivity index (χ3n) is 10.0. The molecule has 4 aliphatic rings. The Labute approximate surface area is 202 Å². The van der Waals surface area contributed by atoms with Crippen molar-refractivity contribution >= 4 is 5.97 Å². The number of aliphatic hydroxyl groups is 5. The summed E-state index contributed by atoms with van der Waals surface area (Å²) in [5.41, 5.74) is -3.20. The van der Waals surface area contributed by atoms with Gasteiger partial charge in [0.15, 0.2) is 6.10 Å². The summed E-state index contributed by atoms with van der Waals surface area (Å²) in [7, 11) is 0. The van der Waals surface area contributed by atoms with E-state index in [9.17, 15) is 30.3 Å². The van der Waals surface area contributed by atoms with Gasteiger partial charge in [-0.25, -0.2) is 4.79 Å². The van der Waals surface area contributed by atoms with Gasteiger partial charge in [-0.15, -0.1) is 0 Å². The van der Waals surface area contributed by atoms with Crippen LogP contribution in [0.4, 0.5) is 0 Å². The van der Waals surface area contributed by atoms with Crippen LogP contribution >= 0.6 is 0 Å². The fourth-order valence-electron chi connectivity index (χ4n) is 7.88. The van der Waals surface area contributed by atoms with Crippen LogP contribution < -0.4 is 0 Å². The molecule has 194 valence electrons. The van der Waals surface area contributed by atoms with E-state index in [0.717, 1.165) is 0 Å². The molecule has 3 fully saturated rings. The van der Waals surface area contributed by atoms with Crippen molar-refractivity contribution in [2.75, 3.05) is 6.61 Å². The fraction of sp³-hybridized carbons (Fsp3) is 0.885. The summed E-state index contributed by atoms with van der Waals surface area (Å²) < 4.78 is 11.3. The lowest BCUT2D eigenvalue weighted by molar-refractivity contribution is -0.344. The molecule has 2 saturated carbocycles. The van der Waals surface area contributed by atoms with Gasteiger partial charge in [-0.2, -0.15) is 0 Å². The SMILES string of the molecule is CC1=C2C(O)CC3(C)C(O)CC4OCC4(O)C3C(C)C(O)(CC1OC(=O)C(O)C(C)C)C2(C)C. The molecular weight excluding hydrogens is 440 g/mol. The van der Waals surface area contributed by atoms with Crippen molar-refractivity contribution < 1.29 is 39.8 Å². The maximum atomic E-state index is 12.6. The summed E-state index contributed by atoms with van der Waals surface area (Å²) in [5.74, 6) is -2.17. The predicted octanol–water partition coefficient (Wildman–Crippen LogP) is 1.31. The second kappa shape index (κ2) is 7.98. The highest BCUT2D eigenvalue weighted by atomic mass is 16.6. The Morgan fingerprint density at radius 1 is 1.15 bits per heavy atom. The number of carbonyl (C=O) groups excluding carboxylic acids is 1. The van der Waals surface area contributed by atoms with Gasteiger partial charge in [0.25, 0.3) is 0 Å². The third kappa shape index (κ3) is 3.29. The first kappa shape index (κ1) is 26.0. The van der Waals surface area contributed by atoms with Crippen LogP contribution in [-0.4, -0.2) is 79.8 Å². The van der Waals surface area contributed by atoms with E-state index in [1.54, 1.807) is 20.8 Å². The Balaban J connectivity index is 1.84. The van der Waals surface area contributed by atoms with Crippen LogP contribution in [0.5, 0.6) is 0 Å². The standard InChI is InChI=1S/C26H42O8/c1-12(2)20(29)22(30)34-16-10-26(32)14(4)21-24(7,17(28)8-18-25(21,31)11-33-18)9-15(27)19(13(16)3)23(26,5)6/h12,14-18,20-21,27-29,31-32H,8-11H2,1-7H3. The summed E-state index contributed by atoms with van der Waals surface area (Å²) in [5, 5.41) is 57.1. The number of carbonyl (C=O) groups is 1. The molecule has 4 rings (SSSR count). The van der Waals surface area contributed by atoms with Crippen LogP contribution in [0.2, 0.25) is 0 Å². The van der Waals surface area contributed by atoms with E-state index in [4.69, 9.17) is 9.47 Å². The average Bonchev–Trinajstić information content (AvgIpc) is 2.72. The minimum Gasteiger partial charge on any atom is -0.456 e. The third-order valence-corrected chi connectivity index (χ3v) is 10.0. The van der Waals surface area contributed by atoms with Crippen molar-refractivity contribution in [3.63, 3.8) is 0 Å². The molecule has 8 heteroatoms. The van der Waals surface area contributed by atoms with Gasteiger partial charge in [0, 0.05) is 29.6 Å². The zero-order valence-electron chi connectivity index (χ0n) is 21.4. The molecule has 10 atom stereocenters. The molecule has 1 saturated heterocycles. The molecule has 1 aliphatic heterocycles. The Bertz CT molecular complexity index is 882. The first-order chi connectivity index (χ1) is 15.5. The minimum absolute atomic E-state index is 0.0596. The van der Waals surface area contributed by atoms with Crippen LogP contribution in [0.1, 0.15) is 67.7 Å². The number of esters is 1. The second-order valence-electron chi connectivity index (χ2n) is 12.5. The highest BCUT2D eigenvalue weighted by molar-refractivity contribution is 5.75. The molecule has 1 heterocycles. The van der Waals surface area contributed by atoms with E-state index in [2.05, 4.69) is 0 Å². The molecule has 0 aromatic carbocycles. The Morgan fingerprint density at radius 2 is 1.76 bits per heavy atom. The van der Waals surface area contributed by atoms with Crippen molar-refractivity contribution in [2.24, 2.45) is 28.6 Å². The molecule has 8 nitrogen and oxygen atoms in total. The number of ether oxygens (including phenoxy) is 2. The monoisotopic (exact) mass is 482 g/mol. The molecule has 0 aromatic heterocycles. The van der Waals surface area contributed by atoms with E-state index >= 15 is 0 Å². The van der Waals surface area contributed by atoms with Crippen molar-refractivity contribution in [1.82, 2.24) is 0 Å². The van der Waals surface area contributed by atoms with Crippen molar-refractivity contribution in [2.45, 2.75) is 109 Å². The lowest BCUT2D eigenvalue weighted by Crippen LogP contribution is -2.77. The first-order valence-corrected chi connectivity index (χ1v) is 12.5. The predicted molar refractivity (Wildman–Crippen MR) is 123 cm³/mol. The molecule has 0 radical (unpaired) electrons. The summed E-state index contributed by atoms with van der Waals surface area (Å²) in [4.78, 5) is 12.6. The highest BCUT2D eigenvalue weighted by Crippen LogP contribution is 2.65. The summed E-state index contributed by atoms with van der Waals surface area (Å²) in [6, 6.07) is 0. The summed E-state index contributed by atoms with van der Waals surface area (Å²) in [6.45, 7) is 12.9. The van der Waals surface area contributed by atoms with Crippen LogP contribution in [-0.2, 0) is 14.3 Å². The van der Waals surface area contributed by atoms with Crippen LogP contribution in [0.15, 0.2) is 11.1 Å². The van der Waals surface area contributed by atoms with E-state index in [1.807, 2.05) is 27.7 Å². The highest BCUT2D eigenvalue weighted by Gasteiger charge is 2.71. The zero-order chi connectivity index (χ0) is 25.6. The van der Waals surface area contributed by atoms with Gasteiger partial charge < -0.3 is 35.0 Å². The van der Waals surface area contributed by atoms with Gasteiger partial charge in [-0.1, -0.05) is 41.5 Å². The van der Waals surface area contributed by atoms with Gasteiger partial charge in [0.1, 0.15) is 11.7 Å². The number of aliphatic hydroxyl groups excluding tert-OH is 3. The number of fused-ring (bicyclic) bond motifs is 5. The molecular formula is C26H42O8. The van der Waals surface area contributed by atoms with E-state index in [-0.39, 0.29) is 31.8 Å². The van der Waals surface area contributed by atoms with Gasteiger partial charge >= 0.3 is 5.97 Å². The fourth-order valence-corrected chi connectivity index (χ4v) is 7.88. The van der Waals surface area contributed by atoms with E-state index in [0.29, 0.717) is 11.1 Å². The van der Waals surface area contributed by atoms with E-state index < -0.39 is 70.4 Å². The van der Waals surface area contributed by atoms with Crippen molar-refractivity contribution in [3.8, 4) is 0 Å². The maximum absolute atomic E-state index is 12.6. The zero-order valence-corrected chi connectivity index (χ0v) is 21.4. The number of hydrogen-bond acceptors (Lipinski definition) is 8. The molecule has 3 aliphatic carbocycles. The molecule has 5 N–H and O–H groups in total. The Kier molecular flexibility index (Phi) is 6.12. The largest absolute Gasteiger partial charge is 0.456 e. The molecule has 10 unspecified atom stereocenters. The molecule has 0 amide bonds. The maximum Gasteiger partial charge on any atom is 0.335 e. The molecule has 34 heavy (non-hydrogen) atoms. The van der Waals surface area contributed by atoms with Crippen molar-refractivity contribution in [3.05, 3.63) is 11.1 Å². The molecule has 2 bridgehead atoms. The van der Waals surface area contributed by atoms with Gasteiger partial charge in [-0.05, 0) is 36.3 Å². The van der Waals surface area contributed by atoms with E-state index in [1.165, 1.54) is 0 Å². The lowest BCUT2D eigenvalue weighted by atomic mass is 9.43. The van der Waals surface area contributed by atoms with Gasteiger partial charge in [0.05, 0.1) is 30.5 Å². The average molecular weight is 483 g/mol. The Morgan fingerprint density at radius 3 is 2.29 bits per heavy atom. The minimum atomic E-state index is -1.48. The van der Waals surface area contributed by atoms with Crippen LogP contribution in [0.3, 0.4) is 0 Å². The summed E-state index contributed by atoms with van der Waals surface area (Å²) in [6.07, 6.45) is -3.96. The van der Waals surface area contributed by atoms with Gasteiger partial charge in [0.2, 0.25) is 0 Å². The summed E-state index contributed by atoms with van der Waals surface area (Å²) >= 11 is 0. The van der Waals surface area contributed by atoms with Crippen molar-refractivity contribution in [1.29, 1.82) is 0 Å². The van der Waals surface area contributed by atoms with Gasteiger partial charge in [-0.3, -0.25) is 0 Å². The number of rotatable bonds is 3. The normalized spacial score (nSPS) is 48.7. The van der Waals surface area contributed by atoms with Crippen LogP contribution in [0, 0.1) is 28.6 Å². The number of hydrogen-bond donors (Lipinski definition) is 5. The second-order valence-corrected chi connectivity index (χ2v) is 12.5. The quantitative estimate of drug-likeness (QED) is 0.300. The lowest BCUT2D eigenvalue weighted by Gasteiger charge is -2.68. The molecule has 0 aromatic rings. The smallest absolute Gasteiger partial charge is 0.335 e.